The van der Waals surface area contributed by atoms with Crippen LogP contribution in [0.5, 0.6) is 0 Å². The topological polar surface area (TPSA) is 126 Å². The molecule has 0 aromatic carbocycles. The second kappa shape index (κ2) is 2.97. The summed E-state index contributed by atoms with van der Waals surface area (Å²) in [7, 11) is 0. The molecule has 2 rings (SSSR count). The monoisotopic (exact) mass is 229 g/mol. The van der Waals surface area contributed by atoms with Gasteiger partial charge in [-0.25, -0.2) is 0 Å². The molecule has 3 unspecified atom stereocenters. The Balaban J connectivity index is 2.56. The van der Waals surface area contributed by atoms with Crippen LogP contribution in [0.1, 0.15) is 19.8 Å². The molecule has 0 bridgehead atoms. The summed E-state index contributed by atoms with van der Waals surface area (Å²) >= 11 is 0. The average Bonchev–Trinajstić information content (AvgIpc) is 2.86. The SMILES string of the molecule is CCCC1(N)NC(=O)C2(C#N)C1C2(C#N)C#N. The molecule has 86 valence electrons. The lowest BCUT2D eigenvalue weighted by Crippen LogP contribution is -2.56. The van der Waals surface area contributed by atoms with Gasteiger partial charge < -0.3 is 11.1 Å². The molecule has 1 aliphatic heterocycles. The number of piperidine rings is 1. The maximum absolute atomic E-state index is 11.9. The Morgan fingerprint density at radius 1 is 1.35 bits per heavy atom. The van der Waals surface area contributed by atoms with Gasteiger partial charge >= 0.3 is 0 Å². The number of amides is 1. The molecule has 2 fully saturated rings. The first-order chi connectivity index (χ1) is 7.99. The Bertz CT molecular complexity index is 507. The third kappa shape index (κ3) is 0.895. The van der Waals surface area contributed by atoms with Gasteiger partial charge in [0.1, 0.15) is 0 Å². The second-order valence-electron chi connectivity index (χ2n) is 4.63. The largest absolute Gasteiger partial charge is 0.336 e. The Labute approximate surface area is 98.6 Å². The molecule has 3 atom stereocenters. The number of rotatable bonds is 2. The van der Waals surface area contributed by atoms with E-state index in [9.17, 15) is 4.79 Å². The molecular formula is C11H11N5O. The Hall–Kier alpha value is -2.10. The Kier molecular flexibility index (Phi) is 1.99. The number of nitrogens with zero attached hydrogens (tertiary/aromatic N) is 3. The van der Waals surface area contributed by atoms with E-state index in [0.717, 1.165) is 0 Å². The Morgan fingerprint density at radius 2 is 1.94 bits per heavy atom. The molecule has 0 aromatic heterocycles. The first kappa shape index (κ1) is 11.4. The van der Waals surface area contributed by atoms with Crippen LogP contribution < -0.4 is 11.1 Å². The molecule has 1 aliphatic carbocycles. The van der Waals surface area contributed by atoms with Crippen LogP contribution in [0.4, 0.5) is 0 Å². The highest BCUT2D eigenvalue weighted by molar-refractivity contribution is 5.97. The van der Waals surface area contributed by atoms with Gasteiger partial charge in [-0.3, -0.25) is 4.79 Å². The van der Waals surface area contributed by atoms with Gasteiger partial charge in [-0.2, -0.15) is 15.8 Å². The zero-order chi connectivity index (χ0) is 12.9. The van der Waals surface area contributed by atoms with Crippen molar-refractivity contribution in [2.75, 3.05) is 0 Å². The van der Waals surface area contributed by atoms with Gasteiger partial charge in [0, 0.05) is 0 Å². The van der Waals surface area contributed by atoms with E-state index in [2.05, 4.69) is 5.32 Å². The molecule has 0 spiro atoms. The van der Waals surface area contributed by atoms with Gasteiger partial charge in [0.05, 0.1) is 29.8 Å². The van der Waals surface area contributed by atoms with Gasteiger partial charge in [-0.15, -0.1) is 0 Å². The molecule has 1 saturated heterocycles. The van der Waals surface area contributed by atoms with E-state index in [-0.39, 0.29) is 0 Å². The van der Waals surface area contributed by atoms with Crippen molar-refractivity contribution in [2.45, 2.75) is 25.4 Å². The first-order valence-corrected chi connectivity index (χ1v) is 5.34. The van der Waals surface area contributed by atoms with E-state index in [1.54, 1.807) is 0 Å². The van der Waals surface area contributed by atoms with Crippen LogP contribution in [0.25, 0.3) is 0 Å². The highest BCUT2D eigenvalue weighted by atomic mass is 16.2. The van der Waals surface area contributed by atoms with Gasteiger partial charge in [0.2, 0.25) is 5.91 Å². The van der Waals surface area contributed by atoms with Crippen molar-refractivity contribution in [2.24, 2.45) is 22.5 Å². The average molecular weight is 229 g/mol. The van der Waals surface area contributed by atoms with Gasteiger partial charge in [0.25, 0.3) is 0 Å². The van der Waals surface area contributed by atoms with E-state index >= 15 is 0 Å². The number of hydrogen-bond acceptors (Lipinski definition) is 5. The lowest BCUT2D eigenvalue weighted by atomic mass is 9.92. The van der Waals surface area contributed by atoms with Crippen molar-refractivity contribution >= 4 is 5.91 Å². The van der Waals surface area contributed by atoms with E-state index < -0.39 is 28.3 Å². The second-order valence-corrected chi connectivity index (χ2v) is 4.63. The highest BCUT2D eigenvalue weighted by Crippen LogP contribution is 2.74. The summed E-state index contributed by atoms with van der Waals surface area (Å²) in [6.07, 6.45) is 1.14. The van der Waals surface area contributed by atoms with Gasteiger partial charge in [0.15, 0.2) is 10.8 Å². The van der Waals surface area contributed by atoms with Crippen molar-refractivity contribution in [1.29, 1.82) is 15.8 Å². The third-order valence-corrected chi connectivity index (χ3v) is 3.82. The third-order valence-electron chi connectivity index (χ3n) is 3.82. The summed E-state index contributed by atoms with van der Waals surface area (Å²) in [6, 6.07) is 5.46. The normalized spacial score (nSPS) is 40.4. The van der Waals surface area contributed by atoms with Crippen LogP contribution in [0.2, 0.25) is 0 Å². The maximum Gasteiger partial charge on any atom is 0.245 e. The van der Waals surface area contributed by atoms with Crippen molar-refractivity contribution < 1.29 is 4.79 Å². The lowest BCUT2D eigenvalue weighted by molar-refractivity contribution is -0.124. The standard InChI is InChI=1S/C11H11N5O/c1-2-3-11(15)7-9(4-12,5-13)10(7,6-14)8(17)16-11/h7H,2-3,15H2,1H3,(H,16,17). The van der Waals surface area contributed by atoms with Crippen molar-refractivity contribution in [1.82, 2.24) is 5.32 Å². The predicted octanol–water partition coefficient (Wildman–Crippen LogP) is -0.255. The number of nitrogens with one attached hydrogen (secondary N) is 1. The lowest BCUT2D eigenvalue weighted by Gasteiger charge is -2.27. The number of nitrogens with two attached hydrogens (primary N) is 1. The summed E-state index contributed by atoms with van der Waals surface area (Å²) in [5.74, 6) is -1.33. The number of fused-ring (bicyclic) bond motifs is 1. The van der Waals surface area contributed by atoms with Crippen LogP contribution >= 0.6 is 0 Å². The van der Waals surface area contributed by atoms with Crippen molar-refractivity contribution in [3.63, 3.8) is 0 Å². The van der Waals surface area contributed by atoms with Crippen LogP contribution in [0.15, 0.2) is 0 Å². The van der Waals surface area contributed by atoms with E-state index in [1.165, 1.54) is 0 Å². The van der Waals surface area contributed by atoms with Gasteiger partial charge in [-0.05, 0) is 6.42 Å². The molecule has 1 heterocycles. The summed E-state index contributed by atoms with van der Waals surface area (Å²) < 4.78 is 0. The van der Waals surface area contributed by atoms with Crippen LogP contribution in [-0.4, -0.2) is 11.6 Å². The zero-order valence-electron chi connectivity index (χ0n) is 9.32. The summed E-state index contributed by atoms with van der Waals surface area (Å²) in [5, 5.41) is 30.0. The maximum atomic E-state index is 11.9. The summed E-state index contributed by atoms with van der Waals surface area (Å²) in [4.78, 5) is 11.9. The fourth-order valence-electron chi connectivity index (χ4n) is 3.09. The molecule has 17 heavy (non-hydrogen) atoms. The zero-order valence-corrected chi connectivity index (χ0v) is 9.32. The van der Waals surface area contributed by atoms with Crippen LogP contribution in [0, 0.1) is 50.7 Å². The van der Waals surface area contributed by atoms with Crippen molar-refractivity contribution in [3.05, 3.63) is 0 Å². The number of hydrogen-bond donors (Lipinski definition) is 2. The fraction of sp³-hybridized carbons (Fsp3) is 0.636. The quantitative estimate of drug-likeness (QED) is 0.674. The first-order valence-electron chi connectivity index (χ1n) is 5.34. The predicted molar refractivity (Wildman–Crippen MR) is 55.2 cm³/mol. The van der Waals surface area contributed by atoms with Crippen LogP contribution in [0.3, 0.4) is 0 Å². The summed E-state index contributed by atoms with van der Waals surface area (Å²) in [6.45, 7) is 1.88. The van der Waals surface area contributed by atoms with E-state index in [4.69, 9.17) is 21.5 Å². The minimum absolute atomic E-state index is 0.442. The minimum atomic E-state index is -1.59. The molecule has 1 amide bonds. The van der Waals surface area contributed by atoms with E-state index in [1.807, 2.05) is 25.1 Å². The smallest absolute Gasteiger partial charge is 0.245 e. The summed E-state index contributed by atoms with van der Waals surface area (Å²) in [5.41, 5.74) is 1.76. The van der Waals surface area contributed by atoms with E-state index in [0.29, 0.717) is 12.8 Å². The Morgan fingerprint density at radius 3 is 2.29 bits per heavy atom. The van der Waals surface area contributed by atoms with Crippen molar-refractivity contribution in [3.8, 4) is 18.2 Å². The molecule has 6 nitrogen and oxygen atoms in total. The molecule has 6 heteroatoms. The molecular weight excluding hydrogens is 218 g/mol. The molecule has 0 aromatic rings. The highest BCUT2D eigenvalue weighted by Gasteiger charge is 2.92. The molecule has 0 radical (unpaired) electrons. The number of carbonyl (C=O) groups excluding carboxylic acids is 1. The number of nitriles is 3. The molecule has 1 saturated carbocycles. The van der Waals surface area contributed by atoms with Gasteiger partial charge in [-0.1, -0.05) is 13.3 Å². The van der Waals surface area contributed by atoms with Crippen LogP contribution in [-0.2, 0) is 4.79 Å². The minimum Gasteiger partial charge on any atom is -0.336 e. The number of carbonyl (C=O) groups is 1. The molecule has 2 aliphatic rings. The fourth-order valence-corrected chi connectivity index (χ4v) is 3.09. The molecule has 3 N–H and O–H groups in total.